The molecule has 1 fully saturated rings. The minimum Gasteiger partial charge on any atom is -0.486 e. The molecule has 0 aliphatic heterocycles. The Kier molecular flexibility index (Phi) is 5.47. The van der Waals surface area contributed by atoms with Crippen LogP contribution in [0.15, 0.2) is 21.5 Å². The molecule has 1 heterocycles. The molecule has 0 unspecified atom stereocenters. The number of ether oxygens (including phenoxy) is 1. The van der Waals surface area contributed by atoms with Crippen molar-refractivity contribution in [1.82, 2.24) is 4.57 Å². The molecule has 0 spiro atoms. The molecular weight excluding hydrogens is 332 g/mol. The van der Waals surface area contributed by atoms with Crippen LogP contribution in [-0.4, -0.2) is 16.2 Å². The first-order chi connectivity index (χ1) is 8.39. The Bertz CT molecular complexity index is 496. The largest absolute Gasteiger partial charge is 0.486 e. The number of nitrogens with two attached hydrogens (primary N) is 1. The highest BCUT2D eigenvalue weighted by atomic mass is 79.9. The Morgan fingerprint density at radius 3 is 2.63 bits per heavy atom. The summed E-state index contributed by atoms with van der Waals surface area (Å²) in [5.74, 6) is 0.621. The Morgan fingerprint density at radius 1 is 1.47 bits per heavy atom. The van der Waals surface area contributed by atoms with Gasteiger partial charge >= 0.3 is 0 Å². The Hall–Kier alpha value is -0.520. The van der Waals surface area contributed by atoms with Crippen molar-refractivity contribution in [3.63, 3.8) is 0 Å². The SMILES string of the molecule is Cl.Cn1cc(Br)c(OC2(C)CCC(N)CC2)cc1=O. The van der Waals surface area contributed by atoms with E-state index in [9.17, 15) is 4.79 Å². The van der Waals surface area contributed by atoms with Crippen molar-refractivity contribution in [1.29, 1.82) is 0 Å². The van der Waals surface area contributed by atoms with E-state index in [2.05, 4.69) is 22.9 Å². The molecule has 0 atom stereocenters. The molecule has 0 radical (unpaired) electrons. The third kappa shape index (κ3) is 3.97. The van der Waals surface area contributed by atoms with Gasteiger partial charge in [0.1, 0.15) is 11.4 Å². The zero-order valence-electron chi connectivity index (χ0n) is 11.2. The van der Waals surface area contributed by atoms with Gasteiger partial charge in [0.15, 0.2) is 0 Å². The van der Waals surface area contributed by atoms with Gasteiger partial charge in [0.05, 0.1) is 4.47 Å². The number of rotatable bonds is 2. The minimum atomic E-state index is -0.218. The molecule has 1 aliphatic rings. The average Bonchev–Trinajstić information content (AvgIpc) is 2.30. The van der Waals surface area contributed by atoms with E-state index < -0.39 is 0 Å². The van der Waals surface area contributed by atoms with Gasteiger partial charge in [0.2, 0.25) is 0 Å². The first-order valence-electron chi connectivity index (χ1n) is 6.20. The Balaban J connectivity index is 0.00000180. The van der Waals surface area contributed by atoms with Crippen LogP contribution in [0.25, 0.3) is 0 Å². The van der Waals surface area contributed by atoms with Crippen molar-refractivity contribution < 1.29 is 4.74 Å². The molecule has 6 heteroatoms. The highest BCUT2D eigenvalue weighted by molar-refractivity contribution is 9.10. The van der Waals surface area contributed by atoms with Crippen LogP contribution >= 0.6 is 28.3 Å². The molecule has 0 amide bonds. The van der Waals surface area contributed by atoms with Crippen LogP contribution in [0.1, 0.15) is 32.6 Å². The summed E-state index contributed by atoms with van der Waals surface area (Å²) in [5.41, 5.74) is 5.62. The topological polar surface area (TPSA) is 57.2 Å². The predicted octanol–water partition coefficient (Wildman–Crippen LogP) is 2.61. The van der Waals surface area contributed by atoms with Crippen LogP contribution in [0, 0.1) is 0 Å². The number of pyridine rings is 1. The van der Waals surface area contributed by atoms with E-state index in [4.69, 9.17) is 10.5 Å². The normalized spacial score (nSPS) is 26.6. The van der Waals surface area contributed by atoms with Crippen LogP contribution in [-0.2, 0) is 7.05 Å². The summed E-state index contributed by atoms with van der Waals surface area (Å²) in [5, 5.41) is 0. The van der Waals surface area contributed by atoms with E-state index in [1.54, 1.807) is 13.2 Å². The maximum atomic E-state index is 11.6. The monoisotopic (exact) mass is 350 g/mol. The predicted molar refractivity (Wildman–Crippen MR) is 82.1 cm³/mol. The third-order valence-corrected chi connectivity index (χ3v) is 4.18. The lowest BCUT2D eigenvalue weighted by Gasteiger charge is -2.36. The van der Waals surface area contributed by atoms with E-state index in [-0.39, 0.29) is 29.6 Å². The lowest BCUT2D eigenvalue weighted by Crippen LogP contribution is -2.41. The highest BCUT2D eigenvalue weighted by Gasteiger charge is 2.32. The number of hydrogen-bond donors (Lipinski definition) is 1. The summed E-state index contributed by atoms with van der Waals surface area (Å²) in [4.78, 5) is 11.6. The molecular formula is C13H20BrClN2O2. The second-order valence-electron chi connectivity index (χ2n) is 5.32. The van der Waals surface area contributed by atoms with Gasteiger partial charge in [0, 0.05) is 25.4 Å². The summed E-state index contributed by atoms with van der Waals surface area (Å²) in [6.45, 7) is 2.09. The van der Waals surface area contributed by atoms with Crippen molar-refractivity contribution in [3.8, 4) is 5.75 Å². The number of hydrogen-bond acceptors (Lipinski definition) is 3. The van der Waals surface area contributed by atoms with Gasteiger partial charge in [-0.05, 0) is 48.5 Å². The molecule has 1 aromatic rings. The summed E-state index contributed by atoms with van der Waals surface area (Å²) >= 11 is 3.43. The standard InChI is InChI=1S/C13H19BrN2O2.ClH/c1-13(5-3-9(15)4-6-13)18-11-7-12(17)16(2)8-10(11)14;/h7-9H,3-6,15H2,1-2H3;1H. The van der Waals surface area contributed by atoms with Crippen LogP contribution < -0.4 is 16.0 Å². The minimum absolute atomic E-state index is 0. The zero-order chi connectivity index (χ0) is 13.3. The summed E-state index contributed by atoms with van der Waals surface area (Å²) in [6, 6.07) is 1.82. The maximum absolute atomic E-state index is 11.6. The van der Waals surface area contributed by atoms with Gasteiger partial charge in [-0.25, -0.2) is 0 Å². The zero-order valence-corrected chi connectivity index (χ0v) is 13.6. The van der Waals surface area contributed by atoms with E-state index >= 15 is 0 Å². The second kappa shape index (κ2) is 6.29. The van der Waals surface area contributed by atoms with Crippen LogP contribution in [0.4, 0.5) is 0 Å². The highest BCUT2D eigenvalue weighted by Crippen LogP contribution is 2.34. The van der Waals surface area contributed by atoms with Gasteiger partial charge in [-0.3, -0.25) is 4.79 Å². The lowest BCUT2D eigenvalue weighted by molar-refractivity contribution is 0.0425. The Labute approximate surface area is 127 Å². The molecule has 19 heavy (non-hydrogen) atoms. The fraction of sp³-hybridized carbons (Fsp3) is 0.615. The van der Waals surface area contributed by atoms with Crippen LogP contribution in [0.2, 0.25) is 0 Å². The molecule has 0 bridgehead atoms. The van der Waals surface area contributed by atoms with Gasteiger partial charge in [0.25, 0.3) is 5.56 Å². The molecule has 108 valence electrons. The number of aromatic nitrogens is 1. The molecule has 2 N–H and O–H groups in total. The molecule has 4 nitrogen and oxygen atoms in total. The number of nitrogens with zero attached hydrogens (tertiary/aromatic N) is 1. The van der Waals surface area contributed by atoms with Gasteiger partial charge in [-0.2, -0.15) is 0 Å². The third-order valence-electron chi connectivity index (χ3n) is 3.59. The summed E-state index contributed by atoms with van der Waals surface area (Å²) < 4.78 is 8.37. The van der Waals surface area contributed by atoms with Crippen molar-refractivity contribution in [2.24, 2.45) is 12.8 Å². The fourth-order valence-corrected chi connectivity index (χ4v) is 2.78. The van der Waals surface area contributed by atoms with Crippen LogP contribution in [0.3, 0.4) is 0 Å². The van der Waals surface area contributed by atoms with Crippen molar-refractivity contribution in [3.05, 3.63) is 27.1 Å². The quantitative estimate of drug-likeness (QED) is 0.891. The number of aryl methyl sites for hydroxylation is 1. The van der Waals surface area contributed by atoms with Gasteiger partial charge in [-0.1, -0.05) is 0 Å². The van der Waals surface area contributed by atoms with E-state index in [1.807, 2.05) is 0 Å². The summed E-state index contributed by atoms with van der Waals surface area (Å²) in [6.07, 6.45) is 5.53. The smallest absolute Gasteiger partial charge is 0.254 e. The van der Waals surface area contributed by atoms with Gasteiger partial charge < -0.3 is 15.0 Å². The Morgan fingerprint density at radius 2 is 2.05 bits per heavy atom. The molecule has 0 aromatic carbocycles. The molecule has 1 aromatic heterocycles. The number of halogens is 2. The van der Waals surface area contributed by atoms with Crippen molar-refractivity contribution in [2.45, 2.75) is 44.2 Å². The first-order valence-corrected chi connectivity index (χ1v) is 7.00. The van der Waals surface area contributed by atoms with E-state index in [1.165, 1.54) is 10.6 Å². The second-order valence-corrected chi connectivity index (χ2v) is 6.18. The van der Waals surface area contributed by atoms with Crippen molar-refractivity contribution in [2.75, 3.05) is 0 Å². The first kappa shape index (κ1) is 16.5. The molecule has 1 saturated carbocycles. The molecule has 2 rings (SSSR count). The molecule has 0 saturated heterocycles. The average molecular weight is 352 g/mol. The summed E-state index contributed by atoms with van der Waals surface area (Å²) in [7, 11) is 1.72. The van der Waals surface area contributed by atoms with E-state index in [0.717, 1.165) is 30.2 Å². The lowest BCUT2D eigenvalue weighted by atomic mass is 9.84. The van der Waals surface area contributed by atoms with Gasteiger partial charge in [-0.15, -0.1) is 12.4 Å². The van der Waals surface area contributed by atoms with E-state index in [0.29, 0.717) is 5.75 Å². The maximum Gasteiger partial charge on any atom is 0.254 e. The van der Waals surface area contributed by atoms with Crippen LogP contribution in [0.5, 0.6) is 5.75 Å². The van der Waals surface area contributed by atoms with Crippen molar-refractivity contribution >= 4 is 28.3 Å². The fourth-order valence-electron chi connectivity index (χ4n) is 2.28. The molecule has 1 aliphatic carbocycles.